The number of fused-ring (bicyclic) bond motifs is 2. The Hall–Kier alpha value is -3.21. The summed E-state index contributed by atoms with van der Waals surface area (Å²) in [6.07, 6.45) is 9.24. The topological polar surface area (TPSA) is 74.3 Å². The molecule has 1 aromatic heterocycles. The molecular weight excluding hydrogens is 314 g/mol. The molecule has 2 heterocycles. The van der Waals surface area contributed by atoms with E-state index in [0.717, 1.165) is 27.7 Å². The lowest BCUT2D eigenvalue weighted by molar-refractivity contribution is -0.117. The van der Waals surface area contributed by atoms with Gasteiger partial charge in [-0.15, -0.1) is 0 Å². The van der Waals surface area contributed by atoms with Gasteiger partial charge in [-0.3, -0.25) is 9.59 Å². The van der Waals surface area contributed by atoms with Crippen LogP contribution in [0.5, 0.6) is 0 Å². The molecule has 1 aromatic carbocycles. The van der Waals surface area contributed by atoms with E-state index in [9.17, 15) is 9.59 Å². The number of nitrogens with zero attached hydrogens (tertiary/aromatic N) is 1. The standard InChI is InChI=1S/C20H17N3O2/c1-12-8-19(24)23-18-10-14(6-7-15(12)18)22-20(25)9-13-11-21-17-5-3-2-4-16(13)17/h2-8,10-11,15,21H,9H2,1H3,(H,23,24). The smallest absolute Gasteiger partial charge is 0.250 e. The van der Waals surface area contributed by atoms with Crippen LogP contribution in [0.3, 0.4) is 0 Å². The fourth-order valence-electron chi connectivity index (χ4n) is 3.28. The minimum atomic E-state index is -0.214. The third-order valence-corrected chi connectivity index (χ3v) is 4.49. The third kappa shape index (κ3) is 2.96. The molecule has 0 saturated carbocycles. The average molecular weight is 331 g/mol. The number of nitrogens with one attached hydrogen (secondary N) is 2. The van der Waals surface area contributed by atoms with Gasteiger partial charge < -0.3 is 10.3 Å². The SMILES string of the molecule is CC1=CC(=O)NC2=CC(=NC(=O)Cc3c[nH]c4ccccc34)C=CC12. The summed E-state index contributed by atoms with van der Waals surface area (Å²) in [5.41, 5.74) is 4.25. The Bertz CT molecular complexity index is 1000. The van der Waals surface area contributed by atoms with E-state index in [4.69, 9.17) is 0 Å². The number of aromatic nitrogens is 1. The molecule has 1 unspecified atom stereocenters. The van der Waals surface area contributed by atoms with Gasteiger partial charge in [-0.05, 0) is 30.7 Å². The van der Waals surface area contributed by atoms with E-state index in [1.165, 1.54) is 0 Å². The van der Waals surface area contributed by atoms with Crippen LogP contribution in [0.4, 0.5) is 0 Å². The van der Waals surface area contributed by atoms with Crippen LogP contribution in [0.25, 0.3) is 10.9 Å². The van der Waals surface area contributed by atoms with Crippen LogP contribution >= 0.6 is 0 Å². The van der Waals surface area contributed by atoms with Gasteiger partial charge in [-0.1, -0.05) is 29.8 Å². The van der Waals surface area contributed by atoms with E-state index in [1.807, 2.05) is 49.5 Å². The van der Waals surface area contributed by atoms with Crippen molar-refractivity contribution >= 4 is 28.4 Å². The normalized spacial score (nSPS) is 20.9. The number of aliphatic imine (C=N–C) groups is 1. The van der Waals surface area contributed by atoms with Gasteiger partial charge in [-0.25, -0.2) is 4.99 Å². The maximum Gasteiger partial charge on any atom is 0.250 e. The van der Waals surface area contributed by atoms with Gasteiger partial charge in [0.05, 0.1) is 12.1 Å². The van der Waals surface area contributed by atoms with Gasteiger partial charge in [0.25, 0.3) is 5.91 Å². The Labute approximate surface area is 144 Å². The number of carbonyl (C=O) groups is 2. The van der Waals surface area contributed by atoms with Crippen LogP contribution in [0, 0.1) is 5.92 Å². The molecule has 4 rings (SSSR count). The van der Waals surface area contributed by atoms with Crippen molar-refractivity contribution < 1.29 is 9.59 Å². The van der Waals surface area contributed by atoms with Crippen molar-refractivity contribution in [1.29, 1.82) is 0 Å². The van der Waals surface area contributed by atoms with E-state index in [0.29, 0.717) is 5.71 Å². The monoisotopic (exact) mass is 331 g/mol. The minimum Gasteiger partial charge on any atom is -0.361 e. The summed E-state index contributed by atoms with van der Waals surface area (Å²) in [6, 6.07) is 7.87. The van der Waals surface area contributed by atoms with E-state index in [2.05, 4.69) is 15.3 Å². The van der Waals surface area contributed by atoms with Crippen molar-refractivity contribution in [3.05, 3.63) is 71.6 Å². The van der Waals surface area contributed by atoms with Crippen LogP contribution < -0.4 is 5.32 Å². The highest BCUT2D eigenvalue weighted by Gasteiger charge is 2.23. The Morgan fingerprint density at radius 2 is 2.08 bits per heavy atom. The molecule has 0 bridgehead atoms. The second kappa shape index (κ2) is 6.02. The number of allylic oxidation sites excluding steroid dienone is 3. The molecule has 25 heavy (non-hydrogen) atoms. The summed E-state index contributed by atoms with van der Waals surface area (Å²) >= 11 is 0. The lowest BCUT2D eigenvalue weighted by Crippen LogP contribution is -2.32. The highest BCUT2D eigenvalue weighted by Crippen LogP contribution is 2.26. The zero-order valence-electron chi connectivity index (χ0n) is 13.7. The quantitative estimate of drug-likeness (QED) is 0.888. The molecular formula is C20H17N3O2. The Morgan fingerprint density at radius 1 is 1.24 bits per heavy atom. The van der Waals surface area contributed by atoms with Crippen LogP contribution in [0.1, 0.15) is 12.5 Å². The zero-order chi connectivity index (χ0) is 17.4. The molecule has 2 aliphatic rings. The Balaban J connectivity index is 1.55. The van der Waals surface area contributed by atoms with Crippen molar-refractivity contribution in [3.8, 4) is 0 Å². The number of hydrogen-bond donors (Lipinski definition) is 2. The summed E-state index contributed by atoms with van der Waals surface area (Å²) in [7, 11) is 0. The van der Waals surface area contributed by atoms with E-state index < -0.39 is 0 Å². The minimum absolute atomic E-state index is 0.0559. The molecule has 1 atom stereocenters. The number of hydrogen-bond acceptors (Lipinski definition) is 2. The van der Waals surface area contributed by atoms with Crippen LogP contribution in [-0.4, -0.2) is 22.5 Å². The predicted molar refractivity (Wildman–Crippen MR) is 97.1 cm³/mol. The molecule has 0 spiro atoms. The average Bonchev–Trinajstić information content (AvgIpc) is 2.97. The number of rotatable bonds is 2. The first kappa shape index (κ1) is 15.3. The zero-order valence-corrected chi connectivity index (χ0v) is 13.7. The summed E-state index contributed by atoms with van der Waals surface area (Å²) < 4.78 is 0. The van der Waals surface area contributed by atoms with Gasteiger partial charge in [0.1, 0.15) is 0 Å². The van der Waals surface area contributed by atoms with Crippen molar-refractivity contribution in [2.24, 2.45) is 10.9 Å². The number of aromatic amines is 1. The number of amides is 2. The molecule has 0 fully saturated rings. The van der Waals surface area contributed by atoms with Crippen molar-refractivity contribution in [2.45, 2.75) is 13.3 Å². The first-order valence-corrected chi connectivity index (χ1v) is 8.15. The number of benzene rings is 1. The number of carbonyl (C=O) groups excluding carboxylic acids is 2. The molecule has 2 N–H and O–H groups in total. The van der Waals surface area contributed by atoms with Crippen LogP contribution in [0.15, 0.2) is 71.0 Å². The Morgan fingerprint density at radius 3 is 2.96 bits per heavy atom. The van der Waals surface area contributed by atoms with E-state index >= 15 is 0 Å². The van der Waals surface area contributed by atoms with Gasteiger partial charge in [0.15, 0.2) is 0 Å². The lowest BCUT2D eigenvalue weighted by atomic mass is 9.89. The number of H-pyrrole nitrogens is 1. The van der Waals surface area contributed by atoms with Crippen molar-refractivity contribution in [2.75, 3.05) is 0 Å². The largest absolute Gasteiger partial charge is 0.361 e. The van der Waals surface area contributed by atoms with E-state index in [1.54, 1.807) is 12.2 Å². The molecule has 5 heteroatoms. The maximum absolute atomic E-state index is 12.3. The summed E-state index contributed by atoms with van der Waals surface area (Å²) in [4.78, 5) is 31.3. The molecule has 0 radical (unpaired) electrons. The van der Waals surface area contributed by atoms with Gasteiger partial charge in [-0.2, -0.15) is 0 Å². The molecule has 124 valence electrons. The maximum atomic E-state index is 12.3. The lowest BCUT2D eigenvalue weighted by Gasteiger charge is -2.25. The second-order valence-electron chi connectivity index (χ2n) is 6.28. The van der Waals surface area contributed by atoms with Crippen LogP contribution in [0.2, 0.25) is 0 Å². The van der Waals surface area contributed by atoms with Gasteiger partial charge in [0.2, 0.25) is 5.91 Å². The summed E-state index contributed by atoms with van der Waals surface area (Å²) in [6.45, 7) is 1.92. The fourth-order valence-corrected chi connectivity index (χ4v) is 3.28. The summed E-state index contributed by atoms with van der Waals surface area (Å²) in [5, 5.41) is 3.86. The molecule has 2 amide bonds. The van der Waals surface area contributed by atoms with Crippen molar-refractivity contribution in [1.82, 2.24) is 10.3 Å². The third-order valence-electron chi connectivity index (χ3n) is 4.49. The van der Waals surface area contributed by atoms with Crippen LogP contribution in [-0.2, 0) is 16.0 Å². The first-order chi connectivity index (χ1) is 12.1. The number of para-hydroxylation sites is 1. The molecule has 0 saturated heterocycles. The van der Waals surface area contributed by atoms with E-state index in [-0.39, 0.29) is 24.2 Å². The first-order valence-electron chi connectivity index (χ1n) is 8.15. The second-order valence-corrected chi connectivity index (χ2v) is 6.28. The Kier molecular flexibility index (Phi) is 3.69. The highest BCUT2D eigenvalue weighted by atomic mass is 16.2. The highest BCUT2D eigenvalue weighted by molar-refractivity contribution is 6.11. The molecule has 2 aromatic rings. The molecule has 1 aliphatic heterocycles. The fraction of sp³-hybridized carbons (Fsp3) is 0.150. The summed E-state index contributed by atoms with van der Waals surface area (Å²) in [5.74, 6) is -0.297. The molecule has 1 aliphatic carbocycles. The van der Waals surface area contributed by atoms with Gasteiger partial charge >= 0.3 is 0 Å². The predicted octanol–water partition coefficient (Wildman–Crippen LogP) is 2.82. The van der Waals surface area contributed by atoms with Gasteiger partial charge in [0, 0.05) is 34.8 Å². The molecule has 5 nitrogen and oxygen atoms in total. The van der Waals surface area contributed by atoms with Crippen molar-refractivity contribution in [3.63, 3.8) is 0 Å².